The lowest BCUT2D eigenvalue weighted by molar-refractivity contribution is -0.184. The normalized spacial score (nSPS) is 36.1. The Labute approximate surface area is 137 Å². The lowest BCUT2D eigenvalue weighted by Crippen LogP contribution is -2.38. The van der Waals surface area contributed by atoms with Gasteiger partial charge in [-0.3, -0.25) is 0 Å². The van der Waals surface area contributed by atoms with Crippen molar-refractivity contribution in [2.45, 2.75) is 16.7 Å². The van der Waals surface area contributed by atoms with E-state index < -0.39 is 22.7 Å². The second-order valence-corrected chi connectivity index (χ2v) is 6.70. The predicted molar refractivity (Wildman–Crippen MR) is 83.3 cm³/mol. The topological polar surface area (TPSA) is 104 Å². The minimum atomic E-state index is -1.45. The van der Waals surface area contributed by atoms with Crippen molar-refractivity contribution in [1.29, 1.82) is 10.5 Å². The Kier molecular flexibility index (Phi) is 2.83. The maximum atomic E-state index is 9.95. The number of rotatable bonds is 2. The molecule has 2 fully saturated rings. The molecule has 2 N–H and O–H groups in total. The zero-order valence-electron chi connectivity index (χ0n) is 12.4. The van der Waals surface area contributed by atoms with Gasteiger partial charge in [-0.2, -0.15) is 10.5 Å². The number of hydrogen-bond acceptors (Lipinski definition) is 7. The van der Waals surface area contributed by atoms with Crippen LogP contribution in [0, 0.1) is 33.5 Å². The fraction of sp³-hybridized carbons (Fsp3) is 0.438. The van der Waals surface area contributed by atoms with Crippen LogP contribution in [0.25, 0.3) is 0 Å². The minimum Gasteiger partial charge on any atom is -0.386 e. The molecular formula is C16H14N4O2S. The third kappa shape index (κ3) is 1.39. The van der Waals surface area contributed by atoms with E-state index in [0.717, 1.165) is 10.5 Å². The lowest BCUT2D eigenvalue weighted by Gasteiger charge is -2.25. The molecule has 23 heavy (non-hydrogen) atoms. The molecule has 1 aromatic rings. The first-order valence-electron chi connectivity index (χ1n) is 7.22. The van der Waals surface area contributed by atoms with Crippen LogP contribution < -0.4 is 5.73 Å². The van der Waals surface area contributed by atoms with E-state index in [0.29, 0.717) is 13.2 Å². The van der Waals surface area contributed by atoms with Crippen molar-refractivity contribution in [1.82, 2.24) is 0 Å². The van der Waals surface area contributed by atoms with Crippen LogP contribution in [0.1, 0.15) is 11.5 Å². The molecule has 2 aliphatic heterocycles. The molecule has 3 aliphatic rings. The number of nitriles is 2. The largest absolute Gasteiger partial charge is 0.386 e. The number of fused-ring (bicyclic) bond motifs is 2. The van der Waals surface area contributed by atoms with Crippen LogP contribution in [0.2, 0.25) is 0 Å². The number of nitrogens with two attached hydrogens (primary N) is 1. The Bertz CT molecular complexity index is 788. The van der Waals surface area contributed by atoms with Gasteiger partial charge in [-0.25, -0.2) is 4.99 Å². The molecule has 6 nitrogen and oxygen atoms in total. The molecule has 1 saturated carbocycles. The summed E-state index contributed by atoms with van der Waals surface area (Å²) in [6, 6.07) is 12.3. The molecule has 1 aromatic carbocycles. The molecule has 0 bridgehead atoms. The summed E-state index contributed by atoms with van der Waals surface area (Å²) in [4.78, 5) is 5.36. The van der Waals surface area contributed by atoms with Crippen LogP contribution in [0.15, 0.2) is 34.2 Å². The Morgan fingerprint density at radius 1 is 1.22 bits per heavy atom. The van der Waals surface area contributed by atoms with Gasteiger partial charge >= 0.3 is 0 Å². The van der Waals surface area contributed by atoms with Gasteiger partial charge in [0.25, 0.3) is 5.91 Å². The summed E-state index contributed by atoms with van der Waals surface area (Å²) < 4.78 is 11.4. The van der Waals surface area contributed by atoms with Gasteiger partial charge in [-0.15, -0.1) is 11.8 Å². The van der Waals surface area contributed by atoms with Crippen molar-refractivity contribution >= 4 is 17.6 Å². The van der Waals surface area contributed by atoms with Gasteiger partial charge in [0.2, 0.25) is 0 Å². The van der Waals surface area contributed by atoms with Gasteiger partial charge in [0.1, 0.15) is 11.3 Å². The molecule has 4 rings (SSSR count). The summed E-state index contributed by atoms with van der Waals surface area (Å²) >= 11 is 1.63. The molecule has 1 spiro atoms. The molecule has 1 aliphatic carbocycles. The first kappa shape index (κ1) is 14.5. The van der Waals surface area contributed by atoms with Crippen molar-refractivity contribution in [3.63, 3.8) is 0 Å². The lowest BCUT2D eigenvalue weighted by atomic mass is 9.94. The van der Waals surface area contributed by atoms with Crippen molar-refractivity contribution < 1.29 is 9.47 Å². The molecule has 2 heterocycles. The highest BCUT2D eigenvalue weighted by atomic mass is 32.2. The van der Waals surface area contributed by atoms with Crippen LogP contribution in [0.5, 0.6) is 0 Å². The van der Waals surface area contributed by atoms with Gasteiger partial charge in [0.05, 0.1) is 25.4 Å². The van der Waals surface area contributed by atoms with Crippen molar-refractivity contribution in [3.8, 4) is 12.1 Å². The van der Waals surface area contributed by atoms with Crippen molar-refractivity contribution in [2.75, 3.05) is 19.5 Å². The number of hydrogen-bond donors (Lipinski definition) is 1. The van der Waals surface area contributed by atoms with Gasteiger partial charge < -0.3 is 15.2 Å². The zero-order chi connectivity index (χ0) is 16.3. The number of aliphatic imine (C=N–C) groups is 1. The highest BCUT2D eigenvalue weighted by Crippen LogP contribution is 2.82. The van der Waals surface area contributed by atoms with Crippen LogP contribution in [0.4, 0.5) is 0 Å². The number of benzene rings is 1. The fourth-order valence-electron chi connectivity index (χ4n) is 4.01. The number of amidine groups is 1. The predicted octanol–water partition coefficient (Wildman–Crippen LogP) is 1.60. The quantitative estimate of drug-likeness (QED) is 0.828. The first-order chi connectivity index (χ1) is 11.1. The van der Waals surface area contributed by atoms with Crippen molar-refractivity contribution in [2.24, 2.45) is 21.6 Å². The maximum Gasteiger partial charge on any atom is 0.293 e. The summed E-state index contributed by atoms with van der Waals surface area (Å²) in [6.07, 6.45) is 1.99. The average Bonchev–Trinajstić information content (AvgIpc) is 2.83. The first-order valence-corrected chi connectivity index (χ1v) is 8.44. The third-order valence-corrected chi connectivity index (χ3v) is 5.80. The number of nitrogens with zero attached hydrogens (tertiary/aromatic N) is 3. The van der Waals surface area contributed by atoms with Crippen LogP contribution in [0.3, 0.4) is 0 Å². The van der Waals surface area contributed by atoms with E-state index in [-0.39, 0.29) is 5.84 Å². The standard InChI is InChI=1S/C16H14N4O2S/c1-23-11-4-2-10(3-5-11)12-14(8-17)13(19)20-16(15(12,14)9-18)21-6-7-22-16/h2-5,12H,6-7H2,1H3,(H2,19,20)/t12-,14+,15-/m1/s1. The summed E-state index contributed by atoms with van der Waals surface area (Å²) in [5, 5.41) is 19.8. The Morgan fingerprint density at radius 2 is 1.87 bits per heavy atom. The van der Waals surface area contributed by atoms with E-state index in [1.54, 1.807) is 11.8 Å². The number of ether oxygens (including phenoxy) is 2. The smallest absolute Gasteiger partial charge is 0.293 e. The molecule has 7 heteroatoms. The summed E-state index contributed by atoms with van der Waals surface area (Å²) in [6.45, 7) is 0.666. The van der Waals surface area contributed by atoms with E-state index in [9.17, 15) is 10.5 Å². The van der Waals surface area contributed by atoms with Gasteiger partial charge in [-0.1, -0.05) is 12.1 Å². The molecule has 0 radical (unpaired) electrons. The summed E-state index contributed by atoms with van der Waals surface area (Å²) in [5.74, 6) is -1.73. The average molecular weight is 326 g/mol. The molecule has 0 unspecified atom stereocenters. The highest BCUT2D eigenvalue weighted by Gasteiger charge is 2.94. The number of thioether (sulfide) groups is 1. The van der Waals surface area contributed by atoms with Crippen molar-refractivity contribution in [3.05, 3.63) is 29.8 Å². The molecule has 3 atom stereocenters. The van der Waals surface area contributed by atoms with Crippen LogP contribution in [-0.4, -0.2) is 31.2 Å². The van der Waals surface area contributed by atoms with Gasteiger partial charge in [0, 0.05) is 10.8 Å². The van der Waals surface area contributed by atoms with E-state index in [1.165, 1.54) is 0 Å². The molecule has 1 saturated heterocycles. The molecule has 0 aromatic heterocycles. The van der Waals surface area contributed by atoms with E-state index in [1.807, 2.05) is 30.5 Å². The molecule has 116 valence electrons. The second kappa shape index (κ2) is 4.48. The third-order valence-electron chi connectivity index (χ3n) is 5.06. The molecular weight excluding hydrogens is 312 g/mol. The summed E-state index contributed by atoms with van der Waals surface area (Å²) in [7, 11) is 0. The van der Waals surface area contributed by atoms with E-state index in [4.69, 9.17) is 15.2 Å². The fourth-order valence-corrected chi connectivity index (χ4v) is 4.42. The second-order valence-electron chi connectivity index (χ2n) is 5.82. The summed E-state index contributed by atoms with van der Waals surface area (Å²) in [5.41, 5.74) is 4.54. The van der Waals surface area contributed by atoms with Gasteiger partial charge in [-0.05, 0) is 24.0 Å². The zero-order valence-corrected chi connectivity index (χ0v) is 13.3. The van der Waals surface area contributed by atoms with Gasteiger partial charge in [0.15, 0.2) is 5.41 Å². The SMILES string of the molecule is CSc1ccc([C@H]2[C@@]3(C#N)C4(N=C(N)[C@]23C#N)OCCO4)cc1. The molecule has 0 amide bonds. The van der Waals surface area contributed by atoms with Crippen LogP contribution in [-0.2, 0) is 9.47 Å². The maximum absolute atomic E-state index is 9.95. The highest BCUT2D eigenvalue weighted by molar-refractivity contribution is 7.98. The Morgan fingerprint density at radius 3 is 2.39 bits per heavy atom. The monoisotopic (exact) mass is 326 g/mol. The van der Waals surface area contributed by atoms with E-state index in [2.05, 4.69) is 17.1 Å². The van der Waals surface area contributed by atoms with Crippen LogP contribution >= 0.6 is 11.8 Å². The van der Waals surface area contributed by atoms with E-state index >= 15 is 0 Å². The Balaban J connectivity index is 1.87. The Hall–Kier alpha value is -2.06. The minimum absolute atomic E-state index is 0.127.